The Labute approximate surface area is 510 Å². The van der Waals surface area contributed by atoms with Gasteiger partial charge in [-0.3, -0.25) is 9.59 Å². The van der Waals surface area contributed by atoms with Crippen LogP contribution in [0.15, 0.2) is 48.6 Å². The van der Waals surface area contributed by atoms with E-state index in [1.54, 1.807) is 6.08 Å². The van der Waals surface area contributed by atoms with E-state index < -0.39 is 67.4 Å². The number of ether oxygens (including phenoxy) is 3. The van der Waals surface area contributed by atoms with Crippen molar-refractivity contribution in [2.45, 2.75) is 384 Å². The summed E-state index contributed by atoms with van der Waals surface area (Å²) in [5.41, 5.74) is 0. The van der Waals surface area contributed by atoms with Gasteiger partial charge in [0.1, 0.15) is 24.4 Å². The highest BCUT2D eigenvalue weighted by molar-refractivity contribution is 5.80. The average molecular weight is 1170 g/mol. The number of aliphatic hydroxyl groups excluding tert-OH is 5. The molecule has 0 radical (unpaired) electrons. The molecule has 11 heteroatoms. The molecule has 486 valence electrons. The molecule has 0 spiro atoms. The number of carbonyl (C=O) groups is 2. The molecule has 0 bridgehead atoms. The number of hydrogen-bond donors (Lipinski definition) is 6. The van der Waals surface area contributed by atoms with E-state index >= 15 is 0 Å². The second-order valence-electron chi connectivity index (χ2n) is 24.6. The Bertz CT molecular complexity index is 1540. The summed E-state index contributed by atoms with van der Waals surface area (Å²) in [7, 11) is 0. The number of unbranched alkanes of at least 4 members (excludes halogenated alkanes) is 41. The number of rotatable bonds is 61. The number of allylic oxidation sites excluding steroid dienone is 7. The van der Waals surface area contributed by atoms with Crippen molar-refractivity contribution < 1.29 is 49.3 Å². The van der Waals surface area contributed by atoms with Crippen LogP contribution in [0.3, 0.4) is 0 Å². The number of amides is 1. The predicted octanol–water partition coefficient (Wildman–Crippen LogP) is 18.0. The normalized spacial score (nSPS) is 18.8. The molecule has 1 aliphatic rings. The number of aliphatic hydroxyl groups is 5. The van der Waals surface area contributed by atoms with Crippen molar-refractivity contribution >= 4 is 11.9 Å². The molecule has 1 rings (SSSR count). The molecule has 1 fully saturated rings. The summed E-state index contributed by atoms with van der Waals surface area (Å²) in [6, 6.07) is -1.02. The van der Waals surface area contributed by atoms with Crippen molar-refractivity contribution in [2.24, 2.45) is 0 Å². The van der Waals surface area contributed by atoms with Crippen LogP contribution in [0.1, 0.15) is 335 Å². The number of carbonyl (C=O) groups excluding carboxylic acids is 2. The van der Waals surface area contributed by atoms with Gasteiger partial charge in [0.05, 0.1) is 25.4 Å². The fourth-order valence-electron chi connectivity index (χ4n) is 11.1. The van der Waals surface area contributed by atoms with Crippen molar-refractivity contribution in [1.82, 2.24) is 5.32 Å². The van der Waals surface area contributed by atoms with Crippen LogP contribution in [0.2, 0.25) is 0 Å². The molecule has 6 N–H and O–H groups in total. The van der Waals surface area contributed by atoms with E-state index in [2.05, 4.69) is 62.5 Å². The third-order valence-electron chi connectivity index (χ3n) is 16.7. The standard InChI is InChI=1S/C72H133NO10/c1-4-7-10-13-16-19-22-24-26-28-30-32-33-34-36-38-40-42-45-48-51-54-57-60-67(77)83-70-69(79)68(78)66(61-74)82-72(70)81-62-63(64(75)58-55-52-49-46-43-21-18-15-12-9-6-3)73-71(80)65(76)59-56-53-50-47-44-41-39-37-35-31-29-27-25-23-20-17-14-11-8-5-2/h16,19,24-27,55,58,63-66,68-70,72,74-76,78-79H,4-15,17-18,20-23,28-54,56-57,59-62H2,1-3H3,(H,73,80)/b19-16-,26-24-,27-25+,58-55+. The number of esters is 1. The lowest BCUT2D eigenvalue weighted by atomic mass is 9.99. The molecular weight excluding hydrogens is 1040 g/mol. The minimum absolute atomic E-state index is 0.124. The van der Waals surface area contributed by atoms with Gasteiger partial charge in [-0.25, -0.2) is 0 Å². The van der Waals surface area contributed by atoms with Crippen molar-refractivity contribution in [3.8, 4) is 0 Å². The van der Waals surface area contributed by atoms with Crippen molar-refractivity contribution in [3.05, 3.63) is 48.6 Å². The molecule has 11 nitrogen and oxygen atoms in total. The van der Waals surface area contributed by atoms with Gasteiger partial charge in [0.2, 0.25) is 5.91 Å². The molecule has 1 heterocycles. The van der Waals surface area contributed by atoms with Gasteiger partial charge in [-0.1, -0.05) is 294 Å². The van der Waals surface area contributed by atoms with Crippen LogP contribution in [0.4, 0.5) is 0 Å². The molecule has 0 aromatic heterocycles. The molecule has 0 aliphatic carbocycles. The zero-order valence-electron chi connectivity index (χ0n) is 54.1. The fraction of sp³-hybridized carbons (Fsp3) is 0.861. The van der Waals surface area contributed by atoms with Gasteiger partial charge in [0, 0.05) is 6.42 Å². The van der Waals surface area contributed by atoms with Crippen LogP contribution in [-0.4, -0.2) is 99.6 Å². The Morgan fingerprint density at radius 3 is 1.27 bits per heavy atom. The summed E-state index contributed by atoms with van der Waals surface area (Å²) >= 11 is 0. The van der Waals surface area contributed by atoms with Crippen LogP contribution in [0.5, 0.6) is 0 Å². The maximum Gasteiger partial charge on any atom is 0.306 e. The van der Waals surface area contributed by atoms with E-state index in [0.717, 1.165) is 64.2 Å². The predicted molar refractivity (Wildman–Crippen MR) is 347 cm³/mol. The molecule has 8 atom stereocenters. The van der Waals surface area contributed by atoms with Crippen LogP contribution >= 0.6 is 0 Å². The van der Waals surface area contributed by atoms with Gasteiger partial charge < -0.3 is 45.1 Å². The van der Waals surface area contributed by atoms with Gasteiger partial charge in [0.25, 0.3) is 0 Å². The van der Waals surface area contributed by atoms with Crippen molar-refractivity contribution in [3.63, 3.8) is 0 Å². The smallest absolute Gasteiger partial charge is 0.306 e. The summed E-state index contributed by atoms with van der Waals surface area (Å²) in [6.07, 6.45) is 64.4. The molecular formula is C72H133NO10. The van der Waals surface area contributed by atoms with Crippen LogP contribution < -0.4 is 5.32 Å². The first kappa shape index (κ1) is 78.6. The first-order valence-corrected chi connectivity index (χ1v) is 35.4. The SMILES string of the molecule is CCCCC/C=C\C/C=C\CCCCCCCCCCCCCCCC(=O)OC1C(OCC(NC(=O)C(O)CCCCCCCCCCCC/C=C/CCCCCCCC)C(O)/C=C/CCCCCCCCCCC)OC(CO)C(O)C1O. The minimum Gasteiger partial charge on any atom is -0.454 e. The Morgan fingerprint density at radius 2 is 0.831 bits per heavy atom. The first-order chi connectivity index (χ1) is 40.7. The molecule has 0 saturated carbocycles. The van der Waals surface area contributed by atoms with E-state index in [1.807, 2.05) is 6.08 Å². The van der Waals surface area contributed by atoms with Gasteiger partial charge in [-0.05, 0) is 83.5 Å². The zero-order valence-corrected chi connectivity index (χ0v) is 54.1. The summed E-state index contributed by atoms with van der Waals surface area (Å²) < 4.78 is 17.7. The minimum atomic E-state index is -1.61. The van der Waals surface area contributed by atoms with Gasteiger partial charge in [-0.15, -0.1) is 0 Å². The van der Waals surface area contributed by atoms with E-state index in [4.69, 9.17) is 14.2 Å². The second-order valence-corrected chi connectivity index (χ2v) is 24.6. The molecule has 1 amide bonds. The Hall–Kier alpha value is -2.38. The van der Waals surface area contributed by atoms with Crippen LogP contribution in [0.25, 0.3) is 0 Å². The quantitative estimate of drug-likeness (QED) is 0.0195. The van der Waals surface area contributed by atoms with E-state index in [1.165, 1.54) is 225 Å². The number of hydrogen-bond acceptors (Lipinski definition) is 10. The molecule has 1 saturated heterocycles. The van der Waals surface area contributed by atoms with Gasteiger partial charge >= 0.3 is 5.97 Å². The average Bonchev–Trinajstić information content (AvgIpc) is 3.68. The Balaban J connectivity index is 2.55. The Morgan fingerprint density at radius 1 is 0.470 bits per heavy atom. The highest BCUT2D eigenvalue weighted by Crippen LogP contribution is 2.26. The first-order valence-electron chi connectivity index (χ1n) is 35.4. The summed E-state index contributed by atoms with van der Waals surface area (Å²) in [5.74, 6) is -1.18. The monoisotopic (exact) mass is 1170 g/mol. The van der Waals surface area contributed by atoms with Gasteiger partial charge in [-0.2, -0.15) is 0 Å². The molecule has 8 unspecified atom stereocenters. The maximum atomic E-state index is 13.5. The van der Waals surface area contributed by atoms with E-state index in [0.29, 0.717) is 19.3 Å². The summed E-state index contributed by atoms with van der Waals surface area (Å²) in [4.78, 5) is 26.7. The van der Waals surface area contributed by atoms with E-state index in [9.17, 15) is 35.1 Å². The molecule has 0 aromatic carbocycles. The topological polar surface area (TPSA) is 175 Å². The fourth-order valence-corrected chi connectivity index (χ4v) is 11.1. The molecule has 0 aromatic rings. The lowest BCUT2D eigenvalue weighted by Gasteiger charge is -2.41. The molecule has 83 heavy (non-hydrogen) atoms. The lowest BCUT2D eigenvalue weighted by molar-refractivity contribution is -0.305. The third kappa shape index (κ3) is 47.4. The summed E-state index contributed by atoms with van der Waals surface area (Å²) in [6.45, 7) is 5.80. The van der Waals surface area contributed by atoms with Crippen LogP contribution in [-0.2, 0) is 23.8 Å². The van der Waals surface area contributed by atoms with E-state index in [-0.39, 0.29) is 13.0 Å². The highest BCUT2D eigenvalue weighted by atomic mass is 16.7. The Kier molecular flexibility index (Phi) is 56.8. The van der Waals surface area contributed by atoms with Crippen molar-refractivity contribution in [1.29, 1.82) is 0 Å². The van der Waals surface area contributed by atoms with Gasteiger partial charge in [0.15, 0.2) is 12.4 Å². The largest absolute Gasteiger partial charge is 0.454 e. The highest BCUT2D eigenvalue weighted by Gasteiger charge is 2.47. The molecule has 1 aliphatic heterocycles. The lowest BCUT2D eigenvalue weighted by Crippen LogP contribution is -2.61. The maximum absolute atomic E-state index is 13.5. The van der Waals surface area contributed by atoms with Crippen LogP contribution in [0, 0.1) is 0 Å². The second kappa shape index (κ2) is 59.9. The third-order valence-corrected chi connectivity index (χ3v) is 16.7. The number of nitrogens with one attached hydrogen (secondary N) is 1. The summed E-state index contributed by atoms with van der Waals surface area (Å²) in [5, 5.41) is 57.2. The van der Waals surface area contributed by atoms with Crippen molar-refractivity contribution in [2.75, 3.05) is 13.2 Å². The zero-order chi connectivity index (χ0) is 60.3.